The van der Waals surface area contributed by atoms with Crippen LogP contribution >= 0.6 is 0 Å². The van der Waals surface area contributed by atoms with Gasteiger partial charge in [-0.15, -0.1) is 0 Å². The van der Waals surface area contributed by atoms with E-state index < -0.39 is 0 Å². The smallest absolute Gasteiger partial charge is 0.267 e. The van der Waals surface area contributed by atoms with Gasteiger partial charge in [0, 0.05) is 31.1 Å². The molecule has 198 valence electrons. The molecule has 2 rings (SSSR count). The topological polar surface area (TPSA) is 82.2 Å². The SMILES string of the molecule is C\C=C/C=C(C)\C(=C\C)CC/C=C(/C(=O)NC[C@]1(C)C=CC=CC1)N(C)CC1=CC(C(=N)N)=CCC=C1. The van der Waals surface area contributed by atoms with Gasteiger partial charge in [0.15, 0.2) is 0 Å². The highest BCUT2D eigenvalue weighted by Crippen LogP contribution is 2.26. The van der Waals surface area contributed by atoms with Crippen molar-refractivity contribution in [1.82, 2.24) is 10.2 Å². The molecule has 1 atom stereocenters. The molecule has 0 aliphatic heterocycles. The first-order chi connectivity index (χ1) is 17.7. The van der Waals surface area contributed by atoms with Crippen LogP contribution in [0, 0.1) is 10.8 Å². The number of rotatable bonds is 12. The van der Waals surface area contributed by atoms with Crippen LogP contribution in [0.3, 0.4) is 0 Å². The molecule has 0 aromatic rings. The Labute approximate surface area is 223 Å². The van der Waals surface area contributed by atoms with Gasteiger partial charge in [0.05, 0.1) is 5.70 Å². The third-order valence-corrected chi connectivity index (χ3v) is 6.65. The van der Waals surface area contributed by atoms with Crippen LogP contribution in [0.4, 0.5) is 0 Å². The van der Waals surface area contributed by atoms with Gasteiger partial charge in [0.1, 0.15) is 5.84 Å². The number of nitrogens with zero attached hydrogens (tertiary/aromatic N) is 1. The van der Waals surface area contributed by atoms with E-state index in [1.807, 2.05) is 61.4 Å². The molecule has 5 heteroatoms. The Hall–Kier alpha value is -3.60. The monoisotopic (exact) mass is 500 g/mol. The zero-order valence-corrected chi connectivity index (χ0v) is 23.2. The Kier molecular flexibility index (Phi) is 11.9. The Morgan fingerprint density at radius 1 is 1.27 bits per heavy atom. The fourth-order valence-corrected chi connectivity index (χ4v) is 4.34. The molecular formula is C32H44N4O. The van der Waals surface area contributed by atoms with E-state index >= 15 is 0 Å². The minimum atomic E-state index is -0.0886. The number of amidine groups is 1. The minimum absolute atomic E-state index is 0.0559. The number of carbonyl (C=O) groups excluding carboxylic acids is 1. The average molecular weight is 501 g/mol. The molecule has 1 amide bonds. The molecular weight excluding hydrogens is 456 g/mol. The van der Waals surface area contributed by atoms with E-state index in [1.54, 1.807) is 0 Å². The van der Waals surface area contributed by atoms with Crippen molar-refractivity contribution in [1.29, 1.82) is 5.41 Å². The number of nitrogens with two attached hydrogens (primary N) is 1. The Bertz CT molecular complexity index is 1110. The number of hydrogen-bond donors (Lipinski definition) is 3. The molecule has 37 heavy (non-hydrogen) atoms. The maximum Gasteiger partial charge on any atom is 0.267 e. The Morgan fingerprint density at radius 3 is 2.70 bits per heavy atom. The standard InChI is InChI=1S/C32H44N4O/c1-6-8-15-25(3)27(7-2)18-14-19-29(31(37)35-24-32(4)20-12-9-13-21-32)36(5)23-26-16-10-11-17-28(22-26)30(33)34/h6-10,12-13,15-17,19-20,22H,11,14,18,21,23-24H2,1-5H3,(H3,33,34)(H,35,37)/b8-6-,25-15-,27-7+,29-19-/t32-/m1/s1. The van der Waals surface area contributed by atoms with E-state index in [0.717, 1.165) is 36.8 Å². The predicted octanol–water partition coefficient (Wildman–Crippen LogP) is 6.44. The molecule has 0 aromatic heterocycles. The molecule has 2 aliphatic rings. The van der Waals surface area contributed by atoms with E-state index in [9.17, 15) is 4.79 Å². The summed E-state index contributed by atoms with van der Waals surface area (Å²) < 4.78 is 0. The molecule has 0 unspecified atom stereocenters. The molecule has 0 aromatic carbocycles. The lowest BCUT2D eigenvalue weighted by Crippen LogP contribution is -2.39. The molecule has 0 saturated carbocycles. The number of allylic oxidation sites excluding steroid dienone is 12. The van der Waals surface area contributed by atoms with Gasteiger partial charge in [-0.3, -0.25) is 10.2 Å². The first kappa shape index (κ1) is 29.6. The van der Waals surface area contributed by atoms with Crippen LogP contribution in [0.5, 0.6) is 0 Å². The molecule has 0 radical (unpaired) electrons. The van der Waals surface area contributed by atoms with Crippen molar-refractivity contribution >= 4 is 11.7 Å². The summed E-state index contributed by atoms with van der Waals surface area (Å²) >= 11 is 0. The first-order valence-electron chi connectivity index (χ1n) is 13.1. The van der Waals surface area contributed by atoms with Crippen LogP contribution in [0.15, 0.2) is 107 Å². The molecule has 0 spiro atoms. The van der Waals surface area contributed by atoms with Crippen molar-refractivity contribution in [3.63, 3.8) is 0 Å². The molecule has 0 saturated heterocycles. The van der Waals surface area contributed by atoms with Crippen molar-refractivity contribution < 1.29 is 4.79 Å². The van der Waals surface area contributed by atoms with Crippen LogP contribution in [-0.4, -0.2) is 36.8 Å². The van der Waals surface area contributed by atoms with Gasteiger partial charge in [-0.05, 0) is 69.2 Å². The lowest BCUT2D eigenvalue weighted by Gasteiger charge is -2.28. The summed E-state index contributed by atoms with van der Waals surface area (Å²) in [6, 6.07) is 0. The lowest BCUT2D eigenvalue weighted by atomic mass is 9.84. The Morgan fingerprint density at radius 2 is 2.05 bits per heavy atom. The van der Waals surface area contributed by atoms with Gasteiger partial charge in [0.2, 0.25) is 0 Å². The fourth-order valence-electron chi connectivity index (χ4n) is 4.34. The number of nitrogens with one attached hydrogen (secondary N) is 2. The van der Waals surface area contributed by atoms with Gasteiger partial charge >= 0.3 is 0 Å². The number of hydrogen-bond acceptors (Lipinski definition) is 3. The maximum atomic E-state index is 13.5. The zero-order chi connectivity index (χ0) is 27.3. The van der Waals surface area contributed by atoms with E-state index in [0.29, 0.717) is 18.8 Å². The fraction of sp³-hybridized carbons (Fsp3) is 0.375. The maximum absolute atomic E-state index is 13.5. The summed E-state index contributed by atoms with van der Waals surface area (Å²) in [5.41, 5.74) is 10.5. The summed E-state index contributed by atoms with van der Waals surface area (Å²) in [5, 5.41) is 11.0. The van der Waals surface area contributed by atoms with Gasteiger partial charge in [0.25, 0.3) is 5.91 Å². The Balaban J connectivity index is 2.23. The summed E-state index contributed by atoms with van der Waals surface area (Å²) in [7, 11) is 1.95. The first-order valence-corrected chi connectivity index (χ1v) is 13.1. The summed E-state index contributed by atoms with van der Waals surface area (Å²) in [6.45, 7) is 9.46. The molecule has 0 fully saturated rings. The highest BCUT2D eigenvalue weighted by Gasteiger charge is 2.23. The second-order valence-corrected chi connectivity index (χ2v) is 9.93. The van der Waals surface area contributed by atoms with Crippen LogP contribution in [-0.2, 0) is 4.79 Å². The third-order valence-electron chi connectivity index (χ3n) is 6.65. The molecule has 0 bridgehead atoms. The normalized spacial score (nSPS) is 20.5. The number of amides is 1. The quantitative estimate of drug-likeness (QED) is 0.125. The van der Waals surface area contributed by atoms with Gasteiger partial charge < -0.3 is 16.0 Å². The van der Waals surface area contributed by atoms with Crippen molar-refractivity contribution in [2.45, 2.75) is 53.4 Å². The molecule has 5 nitrogen and oxygen atoms in total. The van der Waals surface area contributed by atoms with E-state index in [2.05, 4.69) is 62.5 Å². The van der Waals surface area contributed by atoms with Crippen molar-refractivity contribution in [2.24, 2.45) is 11.1 Å². The second kappa shape index (κ2) is 14.8. The van der Waals surface area contributed by atoms with E-state index in [1.165, 1.54) is 11.1 Å². The molecule has 0 heterocycles. The van der Waals surface area contributed by atoms with Crippen molar-refractivity contribution in [3.05, 3.63) is 107 Å². The summed E-state index contributed by atoms with van der Waals surface area (Å²) in [6.07, 6.45) is 30.0. The van der Waals surface area contributed by atoms with Crippen molar-refractivity contribution in [3.8, 4) is 0 Å². The predicted molar refractivity (Wildman–Crippen MR) is 158 cm³/mol. The average Bonchev–Trinajstić information content (AvgIpc) is 3.12. The summed E-state index contributed by atoms with van der Waals surface area (Å²) in [4.78, 5) is 15.5. The van der Waals surface area contributed by atoms with Gasteiger partial charge in [-0.2, -0.15) is 0 Å². The van der Waals surface area contributed by atoms with Crippen molar-refractivity contribution in [2.75, 3.05) is 20.1 Å². The summed E-state index contributed by atoms with van der Waals surface area (Å²) in [5.74, 6) is -0.0177. The third kappa shape index (κ3) is 9.76. The highest BCUT2D eigenvalue weighted by atomic mass is 16.2. The van der Waals surface area contributed by atoms with Crippen LogP contribution in [0.25, 0.3) is 0 Å². The highest BCUT2D eigenvalue weighted by molar-refractivity contribution is 5.97. The van der Waals surface area contributed by atoms with E-state index in [4.69, 9.17) is 11.1 Å². The van der Waals surface area contributed by atoms with Crippen LogP contribution in [0.1, 0.15) is 53.4 Å². The zero-order valence-electron chi connectivity index (χ0n) is 23.2. The van der Waals surface area contributed by atoms with E-state index in [-0.39, 0.29) is 17.2 Å². The number of likely N-dealkylation sites (N-methyl/N-ethyl adjacent to an activating group) is 1. The lowest BCUT2D eigenvalue weighted by molar-refractivity contribution is -0.119. The largest absolute Gasteiger partial charge is 0.384 e. The van der Waals surface area contributed by atoms with Crippen LogP contribution in [0.2, 0.25) is 0 Å². The molecule has 4 N–H and O–H groups in total. The van der Waals surface area contributed by atoms with Crippen LogP contribution < -0.4 is 11.1 Å². The number of carbonyl (C=O) groups is 1. The minimum Gasteiger partial charge on any atom is -0.384 e. The van der Waals surface area contributed by atoms with Gasteiger partial charge in [-0.25, -0.2) is 0 Å². The molecule has 2 aliphatic carbocycles. The second-order valence-electron chi connectivity index (χ2n) is 9.93. The van der Waals surface area contributed by atoms with Gasteiger partial charge in [-0.1, -0.05) is 79.8 Å².